The molecule has 2 unspecified atom stereocenters. The minimum atomic E-state index is -0.847. The molecule has 73 heavy (non-hydrogen) atoms. The molecule has 0 aromatic rings. The lowest BCUT2D eigenvalue weighted by Gasteiger charge is -2.20. The van der Waals surface area contributed by atoms with Crippen LogP contribution < -0.4 is 5.32 Å². The summed E-state index contributed by atoms with van der Waals surface area (Å²) in [6, 6.07) is -0.631. The maximum Gasteiger partial charge on any atom is 0.305 e. The normalized spacial score (nSPS) is 12.7. The molecule has 3 N–H and O–H groups in total. The van der Waals surface area contributed by atoms with Crippen LogP contribution in [-0.4, -0.2) is 47.4 Å². The number of unbranched alkanes of at least 4 members (excludes halogenated alkanes) is 49. The predicted octanol–water partition coefficient (Wildman–Crippen LogP) is 21.0. The number of carbonyl (C=O) groups excluding carboxylic acids is 2. The topological polar surface area (TPSA) is 95.9 Å². The van der Waals surface area contributed by atoms with E-state index in [1.165, 1.54) is 302 Å². The van der Waals surface area contributed by atoms with Gasteiger partial charge in [0.05, 0.1) is 25.4 Å². The fourth-order valence-corrected chi connectivity index (χ4v) is 10.4. The first-order valence-electron chi connectivity index (χ1n) is 33.1. The van der Waals surface area contributed by atoms with Crippen LogP contribution in [0.25, 0.3) is 0 Å². The van der Waals surface area contributed by atoms with Crippen molar-refractivity contribution in [1.82, 2.24) is 5.32 Å². The SMILES string of the molecule is CCCCCCCCCCCCCCC/C=C/C(O)C(CO)NC(=O)CCCCCCCCCC/C=C\CCCCCCCCCCCCCCOC(=O)CCCCCCCCCCCCCCCCCCC. The Morgan fingerprint density at radius 3 is 0.973 bits per heavy atom. The third-order valence-corrected chi connectivity index (χ3v) is 15.5. The highest BCUT2D eigenvalue weighted by Gasteiger charge is 2.18. The Balaban J connectivity index is 3.40. The molecular weight excluding hydrogens is 899 g/mol. The minimum Gasteiger partial charge on any atom is -0.466 e. The lowest BCUT2D eigenvalue weighted by atomic mass is 10.0. The molecular formula is C67H129NO5. The summed E-state index contributed by atoms with van der Waals surface area (Å²) < 4.78 is 5.50. The summed E-state index contributed by atoms with van der Waals surface area (Å²) in [4.78, 5) is 24.6. The van der Waals surface area contributed by atoms with E-state index in [4.69, 9.17) is 4.74 Å². The summed E-state index contributed by atoms with van der Waals surface area (Å²) in [5, 5.41) is 23.1. The number of aliphatic hydroxyl groups excluding tert-OH is 2. The minimum absolute atomic E-state index is 0.0165. The van der Waals surface area contributed by atoms with Crippen molar-refractivity contribution in [3.05, 3.63) is 24.3 Å². The van der Waals surface area contributed by atoms with E-state index in [1.54, 1.807) is 6.08 Å². The van der Waals surface area contributed by atoms with Crippen LogP contribution >= 0.6 is 0 Å². The highest BCUT2D eigenvalue weighted by molar-refractivity contribution is 5.76. The lowest BCUT2D eigenvalue weighted by molar-refractivity contribution is -0.143. The van der Waals surface area contributed by atoms with E-state index in [-0.39, 0.29) is 18.5 Å². The first-order chi connectivity index (χ1) is 36.0. The van der Waals surface area contributed by atoms with Crippen molar-refractivity contribution >= 4 is 11.9 Å². The lowest BCUT2D eigenvalue weighted by Crippen LogP contribution is -2.45. The summed E-state index contributed by atoms with van der Waals surface area (Å²) in [5.74, 6) is -0.0540. The molecule has 0 aliphatic rings. The largest absolute Gasteiger partial charge is 0.466 e. The monoisotopic (exact) mass is 1030 g/mol. The van der Waals surface area contributed by atoms with E-state index in [0.717, 1.165) is 38.5 Å². The van der Waals surface area contributed by atoms with Crippen molar-refractivity contribution in [1.29, 1.82) is 0 Å². The second-order valence-electron chi connectivity index (χ2n) is 22.8. The zero-order chi connectivity index (χ0) is 52.9. The van der Waals surface area contributed by atoms with Crippen LogP contribution in [0, 0.1) is 0 Å². The van der Waals surface area contributed by atoms with Crippen LogP contribution in [0.3, 0.4) is 0 Å². The van der Waals surface area contributed by atoms with Crippen LogP contribution in [0.1, 0.15) is 367 Å². The molecule has 432 valence electrons. The molecule has 0 heterocycles. The van der Waals surface area contributed by atoms with Gasteiger partial charge in [0, 0.05) is 12.8 Å². The summed E-state index contributed by atoms with van der Waals surface area (Å²) in [6.45, 7) is 4.93. The van der Waals surface area contributed by atoms with Gasteiger partial charge >= 0.3 is 5.97 Å². The van der Waals surface area contributed by atoms with Crippen molar-refractivity contribution in [2.45, 2.75) is 379 Å². The predicted molar refractivity (Wildman–Crippen MR) is 320 cm³/mol. The Labute approximate surface area is 456 Å². The first-order valence-corrected chi connectivity index (χ1v) is 33.1. The molecule has 6 nitrogen and oxygen atoms in total. The Kier molecular flexibility index (Phi) is 61.4. The fraction of sp³-hybridized carbons (Fsp3) is 0.910. The molecule has 0 bridgehead atoms. The summed E-state index contributed by atoms with van der Waals surface area (Å²) in [5.41, 5.74) is 0. The van der Waals surface area contributed by atoms with E-state index < -0.39 is 12.1 Å². The number of rotatable bonds is 62. The smallest absolute Gasteiger partial charge is 0.305 e. The number of hydrogen-bond acceptors (Lipinski definition) is 5. The van der Waals surface area contributed by atoms with Crippen LogP contribution in [0.5, 0.6) is 0 Å². The van der Waals surface area contributed by atoms with Gasteiger partial charge in [-0.2, -0.15) is 0 Å². The molecule has 0 radical (unpaired) electrons. The highest BCUT2D eigenvalue weighted by Crippen LogP contribution is 2.18. The number of esters is 1. The molecule has 0 spiro atoms. The van der Waals surface area contributed by atoms with Gasteiger partial charge in [0.2, 0.25) is 5.91 Å². The average molecular weight is 1030 g/mol. The summed E-state index contributed by atoms with van der Waals surface area (Å²) in [6.07, 6.45) is 78.1. The number of amides is 1. The number of carbonyl (C=O) groups is 2. The molecule has 0 aromatic heterocycles. The number of allylic oxidation sites excluding steroid dienone is 3. The maximum absolute atomic E-state index is 12.5. The van der Waals surface area contributed by atoms with E-state index in [9.17, 15) is 19.8 Å². The molecule has 0 saturated carbocycles. The van der Waals surface area contributed by atoms with Crippen LogP contribution in [0.4, 0.5) is 0 Å². The van der Waals surface area contributed by atoms with Gasteiger partial charge in [0.15, 0.2) is 0 Å². The van der Waals surface area contributed by atoms with E-state index in [1.807, 2.05) is 6.08 Å². The Hall–Kier alpha value is -1.66. The van der Waals surface area contributed by atoms with Gasteiger partial charge in [-0.15, -0.1) is 0 Å². The summed E-state index contributed by atoms with van der Waals surface area (Å²) >= 11 is 0. The van der Waals surface area contributed by atoms with Crippen molar-refractivity contribution < 1.29 is 24.5 Å². The van der Waals surface area contributed by atoms with Crippen LogP contribution in [-0.2, 0) is 14.3 Å². The molecule has 2 atom stereocenters. The Morgan fingerprint density at radius 2 is 0.644 bits per heavy atom. The number of nitrogens with one attached hydrogen (secondary N) is 1. The number of aliphatic hydroxyl groups is 2. The van der Waals surface area contributed by atoms with Gasteiger partial charge < -0.3 is 20.3 Å². The van der Waals surface area contributed by atoms with Gasteiger partial charge in [0.25, 0.3) is 0 Å². The van der Waals surface area contributed by atoms with Crippen molar-refractivity contribution in [3.8, 4) is 0 Å². The fourth-order valence-electron chi connectivity index (χ4n) is 10.4. The van der Waals surface area contributed by atoms with E-state index >= 15 is 0 Å². The van der Waals surface area contributed by atoms with Gasteiger partial charge in [-0.05, 0) is 57.8 Å². The van der Waals surface area contributed by atoms with Gasteiger partial charge in [-0.1, -0.05) is 321 Å². The molecule has 6 heteroatoms. The average Bonchev–Trinajstić information content (AvgIpc) is 3.39. The van der Waals surface area contributed by atoms with Gasteiger partial charge in [-0.3, -0.25) is 9.59 Å². The van der Waals surface area contributed by atoms with Crippen LogP contribution in [0.2, 0.25) is 0 Å². The van der Waals surface area contributed by atoms with Crippen molar-refractivity contribution in [2.75, 3.05) is 13.2 Å². The quantitative estimate of drug-likeness (QED) is 0.0320. The maximum atomic E-state index is 12.5. The van der Waals surface area contributed by atoms with Crippen LogP contribution in [0.15, 0.2) is 24.3 Å². The highest BCUT2D eigenvalue weighted by atomic mass is 16.5. The standard InChI is InChI=1S/C67H129NO5/c1-3-5-7-9-11-13-15-17-19-28-33-37-41-45-49-53-57-61-67(72)73-62-58-54-50-46-42-38-34-30-27-25-23-21-20-22-24-26-29-32-36-40-44-48-52-56-60-66(71)68-64(63-69)65(70)59-55-51-47-43-39-35-31-18-16-14-12-10-8-6-4-2/h22,24,55,59,64-65,69-70H,3-21,23,25-54,56-58,60-63H2,1-2H3,(H,68,71)/b24-22-,59-55+. The zero-order valence-electron chi connectivity index (χ0n) is 49.4. The van der Waals surface area contributed by atoms with Crippen molar-refractivity contribution in [3.63, 3.8) is 0 Å². The number of ether oxygens (including phenoxy) is 1. The molecule has 0 saturated heterocycles. The third-order valence-electron chi connectivity index (χ3n) is 15.5. The molecule has 0 aliphatic heterocycles. The third kappa shape index (κ3) is 59.4. The second-order valence-corrected chi connectivity index (χ2v) is 22.8. The van der Waals surface area contributed by atoms with E-state index in [0.29, 0.717) is 19.4 Å². The van der Waals surface area contributed by atoms with Gasteiger partial charge in [-0.25, -0.2) is 0 Å². The molecule has 1 amide bonds. The molecule has 0 aliphatic carbocycles. The Bertz CT molecular complexity index is 1140. The molecule has 0 rings (SSSR count). The second kappa shape index (κ2) is 62.9. The van der Waals surface area contributed by atoms with E-state index in [2.05, 4.69) is 31.3 Å². The molecule has 0 aromatic carbocycles. The first kappa shape index (κ1) is 71.3. The Morgan fingerprint density at radius 1 is 0.370 bits per heavy atom. The number of hydrogen-bond donors (Lipinski definition) is 3. The molecule has 0 fully saturated rings. The zero-order valence-corrected chi connectivity index (χ0v) is 49.4. The summed E-state index contributed by atoms with van der Waals surface area (Å²) in [7, 11) is 0. The van der Waals surface area contributed by atoms with Gasteiger partial charge in [0.1, 0.15) is 0 Å². The van der Waals surface area contributed by atoms with Crippen molar-refractivity contribution in [2.24, 2.45) is 0 Å².